The Balaban J connectivity index is 2.24. The largest absolute Gasteiger partial charge is 0.478 e. The van der Waals surface area contributed by atoms with Crippen LogP contribution < -0.4 is 0 Å². The minimum absolute atomic E-state index is 0.270. The molecule has 3 rings (SSSR count). The second kappa shape index (κ2) is 4.59. The first-order valence-electron chi connectivity index (χ1n) is 5.73. The quantitative estimate of drug-likeness (QED) is 0.783. The molecule has 0 aliphatic heterocycles. The van der Waals surface area contributed by atoms with Gasteiger partial charge < -0.3 is 9.67 Å². The van der Waals surface area contributed by atoms with E-state index in [0.29, 0.717) is 5.39 Å². The third kappa shape index (κ3) is 2.27. The summed E-state index contributed by atoms with van der Waals surface area (Å²) >= 11 is 1.43. The van der Waals surface area contributed by atoms with E-state index in [2.05, 4.69) is 4.98 Å². The number of halogens is 3. The van der Waals surface area contributed by atoms with Crippen molar-refractivity contribution in [2.24, 2.45) is 0 Å². The number of carbonyl (C=O) groups is 1. The van der Waals surface area contributed by atoms with Crippen molar-refractivity contribution in [3.05, 3.63) is 47.2 Å². The molecule has 0 amide bonds. The lowest BCUT2D eigenvalue weighted by Gasteiger charge is -2.05. The predicted molar refractivity (Wildman–Crippen MR) is 70.9 cm³/mol. The summed E-state index contributed by atoms with van der Waals surface area (Å²) in [6.45, 7) is 0. The lowest BCUT2D eigenvalue weighted by Crippen LogP contribution is -2.09. The molecule has 3 aromatic heterocycles. The van der Waals surface area contributed by atoms with Gasteiger partial charge in [0.1, 0.15) is 5.82 Å². The van der Waals surface area contributed by atoms with Gasteiger partial charge in [-0.2, -0.15) is 13.2 Å². The molecule has 0 aliphatic carbocycles. The van der Waals surface area contributed by atoms with Gasteiger partial charge in [0.25, 0.3) is 0 Å². The van der Waals surface area contributed by atoms with Crippen molar-refractivity contribution in [1.82, 2.24) is 9.55 Å². The predicted octanol–water partition coefficient (Wildman–Crippen LogP) is 3.80. The normalized spacial score (nSPS) is 12.0. The van der Waals surface area contributed by atoms with Crippen LogP contribution >= 0.6 is 11.3 Å². The third-order valence-corrected chi connectivity index (χ3v) is 3.85. The molecule has 21 heavy (non-hydrogen) atoms. The molecule has 0 atom stereocenters. The zero-order chi connectivity index (χ0) is 15.2. The molecule has 4 nitrogen and oxygen atoms in total. The number of fused-ring (bicyclic) bond motifs is 1. The van der Waals surface area contributed by atoms with E-state index in [0.717, 1.165) is 21.7 Å². The molecule has 8 heteroatoms. The number of thiophene rings is 1. The van der Waals surface area contributed by atoms with Crippen LogP contribution in [-0.2, 0) is 6.18 Å². The zero-order valence-electron chi connectivity index (χ0n) is 10.3. The van der Waals surface area contributed by atoms with Gasteiger partial charge in [-0.3, -0.25) is 0 Å². The summed E-state index contributed by atoms with van der Waals surface area (Å²) in [5.74, 6) is -1.36. The average Bonchev–Trinajstić information content (AvgIpc) is 3.04. The molecule has 0 fully saturated rings. The summed E-state index contributed by atoms with van der Waals surface area (Å²) in [6.07, 6.45) is -1.57. The summed E-state index contributed by atoms with van der Waals surface area (Å²) in [4.78, 5) is 15.0. The van der Waals surface area contributed by atoms with E-state index in [9.17, 15) is 18.0 Å². The Hall–Kier alpha value is -2.35. The van der Waals surface area contributed by atoms with Crippen LogP contribution in [0.15, 0.2) is 36.1 Å². The maximum absolute atomic E-state index is 12.9. The van der Waals surface area contributed by atoms with E-state index in [1.165, 1.54) is 17.5 Å². The highest BCUT2D eigenvalue weighted by atomic mass is 32.1. The van der Waals surface area contributed by atoms with Gasteiger partial charge in [0.15, 0.2) is 0 Å². The zero-order valence-corrected chi connectivity index (χ0v) is 11.1. The Morgan fingerprint density at radius 3 is 2.67 bits per heavy atom. The Morgan fingerprint density at radius 2 is 2.05 bits per heavy atom. The molecular weight excluding hydrogens is 305 g/mol. The second-order valence-corrected chi connectivity index (χ2v) is 5.21. The van der Waals surface area contributed by atoms with Crippen LogP contribution in [0.5, 0.6) is 0 Å². The summed E-state index contributed by atoms with van der Waals surface area (Å²) in [6, 6.07) is 3.48. The van der Waals surface area contributed by atoms with E-state index < -0.39 is 23.3 Å². The summed E-state index contributed by atoms with van der Waals surface area (Å²) in [7, 11) is 0. The molecule has 0 bridgehead atoms. The van der Waals surface area contributed by atoms with E-state index in [1.54, 1.807) is 17.5 Å². The van der Waals surface area contributed by atoms with Crippen LogP contribution in [0.2, 0.25) is 0 Å². The lowest BCUT2D eigenvalue weighted by atomic mass is 10.2. The van der Waals surface area contributed by atoms with Crippen LogP contribution in [0, 0.1) is 0 Å². The maximum Gasteiger partial charge on any atom is 0.418 e. The highest BCUT2D eigenvalue weighted by Gasteiger charge is 2.37. The Morgan fingerprint density at radius 1 is 1.29 bits per heavy atom. The molecule has 0 unspecified atom stereocenters. The van der Waals surface area contributed by atoms with Crippen LogP contribution in [-0.4, -0.2) is 20.6 Å². The van der Waals surface area contributed by atoms with Gasteiger partial charge in [0.2, 0.25) is 0 Å². The Bertz CT molecular complexity index is 835. The standard InChI is InChI=1S/C13H7F3N2O2S/c14-13(15,16)9-6-18(5-8(9)12(19)20)11-7-2-4-21-10(7)1-3-17-11/h1-6H,(H,19,20). The first kappa shape index (κ1) is 13.6. The van der Waals surface area contributed by atoms with Crippen molar-refractivity contribution in [3.63, 3.8) is 0 Å². The van der Waals surface area contributed by atoms with Crippen molar-refractivity contribution in [2.75, 3.05) is 0 Å². The number of pyridine rings is 1. The van der Waals surface area contributed by atoms with Crippen LogP contribution in [0.1, 0.15) is 15.9 Å². The fourth-order valence-electron chi connectivity index (χ4n) is 2.06. The summed E-state index contributed by atoms with van der Waals surface area (Å²) in [5.41, 5.74) is -1.99. The van der Waals surface area contributed by atoms with Crippen LogP contribution in [0.3, 0.4) is 0 Å². The number of aromatic nitrogens is 2. The highest BCUT2D eigenvalue weighted by molar-refractivity contribution is 7.17. The van der Waals surface area contributed by atoms with Crippen LogP contribution in [0.4, 0.5) is 13.2 Å². The Kier molecular flexibility index (Phi) is 2.98. The molecule has 0 radical (unpaired) electrons. The first-order valence-corrected chi connectivity index (χ1v) is 6.61. The van der Waals surface area contributed by atoms with Gasteiger partial charge in [-0.25, -0.2) is 9.78 Å². The molecule has 0 aromatic carbocycles. The highest BCUT2D eigenvalue weighted by Crippen LogP contribution is 2.34. The SMILES string of the molecule is O=C(O)c1cn(-c2nccc3sccc23)cc1C(F)(F)F. The first-order chi connectivity index (χ1) is 9.88. The van der Waals surface area contributed by atoms with Crippen molar-refractivity contribution in [3.8, 4) is 5.82 Å². The smallest absolute Gasteiger partial charge is 0.418 e. The number of nitrogens with zero attached hydrogens (tertiary/aromatic N) is 2. The molecule has 3 heterocycles. The van der Waals surface area contributed by atoms with Gasteiger partial charge in [-0.15, -0.1) is 11.3 Å². The average molecular weight is 312 g/mol. The third-order valence-electron chi connectivity index (χ3n) is 2.97. The molecule has 0 aliphatic rings. The molecule has 0 saturated heterocycles. The molecule has 108 valence electrons. The van der Waals surface area contributed by atoms with E-state index >= 15 is 0 Å². The van der Waals surface area contributed by atoms with E-state index in [1.807, 2.05) is 0 Å². The number of rotatable bonds is 2. The number of hydrogen-bond acceptors (Lipinski definition) is 3. The molecule has 0 spiro atoms. The number of aromatic carboxylic acids is 1. The topological polar surface area (TPSA) is 55.1 Å². The van der Waals surface area contributed by atoms with E-state index in [-0.39, 0.29) is 5.82 Å². The number of carboxylic acid groups (broad SMARTS) is 1. The van der Waals surface area contributed by atoms with Crippen LogP contribution in [0.25, 0.3) is 15.9 Å². The molecule has 1 N–H and O–H groups in total. The number of alkyl halides is 3. The summed E-state index contributed by atoms with van der Waals surface area (Å²) < 4.78 is 40.6. The van der Waals surface area contributed by atoms with Gasteiger partial charge in [0, 0.05) is 28.7 Å². The van der Waals surface area contributed by atoms with Crippen molar-refractivity contribution in [2.45, 2.75) is 6.18 Å². The van der Waals surface area contributed by atoms with Gasteiger partial charge in [0.05, 0.1) is 11.1 Å². The molecule has 0 saturated carbocycles. The molecular formula is C13H7F3N2O2S. The number of hydrogen-bond donors (Lipinski definition) is 1. The molecule has 3 aromatic rings. The Labute approximate surface area is 120 Å². The minimum atomic E-state index is -4.73. The maximum atomic E-state index is 12.9. The summed E-state index contributed by atoms with van der Waals surface area (Å²) in [5, 5.41) is 11.4. The second-order valence-electron chi connectivity index (χ2n) is 4.26. The van der Waals surface area contributed by atoms with E-state index in [4.69, 9.17) is 5.11 Å². The monoisotopic (exact) mass is 312 g/mol. The van der Waals surface area contributed by atoms with Gasteiger partial charge >= 0.3 is 12.1 Å². The fourth-order valence-corrected chi connectivity index (χ4v) is 2.84. The lowest BCUT2D eigenvalue weighted by molar-refractivity contribution is -0.138. The number of carboxylic acids is 1. The van der Waals surface area contributed by atoms with Crippen molar-refractivity contribution >= 4 is 27.4 Å². The van der Waals surface area contributed by atoms with Gasteiger partial charge in [-0.05, 0) is 17.5 Å². The van der Waals surface area contributed by atoms with Crippen molar-refractivity contribution in [1.29, 1.82) is 0 Å². The van der Waals surface area contributed by atoms with Gasteiger partial charge in [-0.1, -0.05) is 0 Å². The fraction of sp³-hybridized carbons (Fsp3) is 0.0769. The van der Waals surface area contributed by atoms with Crippen molar-refractivity contribution < 1.29 is 23.1 Å². The minimum Gasteiger partial charge on any atom is -0.478 e.